The molecule has 150 valence electrons. The molecule has 4 rings (SSSR count). The van der Waals surface area contributed by atoms with Gasteiger partial charge in [0.05, 0.1) is 17.8 Å². The predicted molar refractivity (Wildman–Crippen MR) is 112 cm³/mol. The van der Waals surface area contributed by atoms with Gasteiger partial charge in [0.2, 0.25) is 0 Å². The van der Waals surface area contributed by atoms with Crippen molar-refractivity contribution in [1.29, 1.82) is 0 Å². The molecule has 0 spiro atoms. The van der Waals surface area contributed by atoms with Crippen molar-refractivity contribution in [1.82, 2.24) is 15.1 Å². The molecule has 0 aliphatic heterocycles. The monoisotopic (exact) mass is 400 g/mol. The Morgan fingerprint density at radius 3 is 2.47 bits per heavy atom. The van der Waals surface area contributed by atoms with E-state index in [0.717, 1.165) is 16.8 Å². The molecule has 0 radical (unpaired) electrons. The maximum Gasteiger partial charge on any atom is 0.284 e. The van der Waals surface area contributed by atoms with E-state index in [1.54, 1.807) is 16.9 Å². The van der Waals surface area contributed by atoms with E-state index in [9.17, 15) is 9.59 Å². The maximum atomic E-state index is 13.0. The Labute approximate surface area is 173 Å². The van der Waals surface area contributed by atoms with Crippen molar-refractivity contribution in [3.63, 3.8) is 0 Å². The Bertz CT molecular complexity index is 1210. The van der Waals surface area contributed by atoms with Crippen molar-refractivity contribution in [2.75, 3.05) is 0 Å². The minimum atomic E-state index is -0.654. The number of carbonyl (C=O) groups is 2. The average Bonchev–Trinajstić information content (AvgIpc) is 3.41. The van der Waals surface area contributed by atoms with Gasteiger partial charge in [-0.1, -0.05) is 42.5 Å². The number of nitrogens with zero attached hydrogens (tertiary/aromatic N) is 2. The highest BCUT2D eigenvalue weighted by Crippen LogP contribution is 2.26. The van der Waals surface area contributed by atoms with E-state index in [0.29, 0.717) is 17.0 Å². The number of benzene rings is 2. The number of furan rings is 1. The highest BCUT2D eigenvalue weighted by molar-refractivity contribution is 6.00. The summed E-state index contributed by atoms with van der Waals surface area (Å²) in [6.45, 7) is 2.10. The van der Waals surface area contributed by atoms with Gasteiger partial charge in [-0.15, -0.1) is 0 Å². The summed E-state index contributed by atoms with van der Waals surface area (Å²) in [6.07, 6.45) is 1.71. The van der Waals surface area contributed by atoms with Gasteiger partial charge in [-0.2, -0.15) is 5.10 Å². The van der Waals surface area contributed by atoms with Crippen molar-refractivity contribution < 1.29 is 14.0 Å². The van der Waals surface area contributed by atoms with Gasteiger partial charge < -0.3 is 15.5 Å². The van der Waals surface area contributed by atoms with Gasteiger partial charge >= 0.3 is 0 Å². The molecule has 7 nitrogen and oxygen atoms in total. The first kappa shape index (κ1) is 19.2. The number of amides is 2. The van der Waals surface area contributed by atoms with Crippen LogP contribution in [0.15, 0.2) is 77.3 Å². The van der Waals surface area contributed by atoms with Crippen molar-refractivity contribution in [3.8, 4) is 16.9 Å². The molecule has 0 atom stereocenters. The highest BCUT2D eigenvalue weighted by atomic mass is 16.4. The third-order valence-electron chi connectivity index (χ3n) is 4.71. The molecular formula is C23H20N4O3. The number of hydrogen-bond acceptors (Lipinski definition) is 4. The SMILES string of the molecule is Cc1ccccc1-c1nn(-c2ccccc2)cc1C(=O)NCc1ccc(C(N)=O)o1. The number of hydrogen-bond donors (Lipinski definition) is 2. The fraction of sp³-hybridized carbons (Fsp3) is 0.0870. The van der Waals surface area contributed by atoms with Crippen LogP contribution in [-0.2, 0) is 6.54 Å². The van der Waals surface area contributed by atoms with E-state index in [1.165, 1.54) is 6.07 Å². The van der Waals surface area contributed by atoms with Crippen molar-refractivity contribution in [3.05, 3.63) is 95.6 Å². The van der Waals surface area contributed by atoms with E-state index < -0.39 is 5.91 Å². The Balaban J connectivity index is 1.66. The number of nitrogens with two attached hydrogens (primary N) is 1. The Hall–Kier alpha value is -4.13. The zero-order valence-electron chi connectivity index (χ0n) is 16.3. The average molecular weight is 400 g/mol. The van der Waals surface area contributed by atoms with Crippen LogP contribution in [0, 0.1) is 6.92 Å². The summed E-state index contributed by atoms with van der Waals surface area (Å²) in [4.78, 5) is 24.2. The van der Waals surface area contributed by atoms with Crippen LogP contribution in [0.1, 0.15) is 32.2 Å². The van der Waals surface area contributed by atoms with E-state index in [-0.39, 0.29) is 18.2 Å². The molecule has 0 bridgehead atoms. The fourth-order valence-electron chi connectivity index (χ4n) is 3.16. The molecular weight excluding hydrogens is 380 g/mol. The molecule has 2 amide bonds. The summed E-state index contributed by atoms with van der Waals surface area (Å²) in [5.41, 5.74) is 8.98. The van der Waals surface area contributed by atoms with Gasteiger partial charge in [0.1, 0.15) is 11.5 Å². The lowest BCUT2D eigenvalue weighted by molar-refractivity contribution is 0.0948. The number of aryl methyl sites for hydroxylation is 1. The molecule has 3 N–H and O–H groups in total. The molecule has 7 heteroatoms. The first-order valence-corrected chi connectivity index (χ1v) is 9.41. The standard InChI is InChI=1S/C23H20N4O3/c1-15-7-5-6-10-18(15)21-19(14-27(26-21)16-8-3-2-4-9-16)23(29)25-13-17-11-12-20(30-17)22(24)28/h2-12,14H,13H2,1H3,(H2,24,28)(H,25,29). The zero-order chi connectivity index (χ0) is 21.1. The van der Waals surface area contributed by atoms with Crippen LogP contribution in [0.25, 0.3) is 16.9 Å². The summed E-state index contributed by atoms with van der Waals surface area (Å²) < 4.78 is 7.02. The van der Waals surface area contributed by atoms with Crippen LogP contribution >= 0.6 is 0 Å². The van der Waals surface area contributed by atoms with E-state index in [1.807, 2.05) is 61.5 Å². The molecule has 30 heavy (non-hydrogen) atoms. The smallest absolute Gasteiger partial charge is 0.284 e. The second-order valence-electron chi connectivity index (χ2n) is 6.80. The second-order valence-corrected chi connectivity index (χ2v) is 6.80. The molecule has 0 saturated carbocycles. The quantitative estimate of drug-likeness (QED) is 0.517. The van der Waals surface area contributed by atoms with Gasteiger partial charge in [0.25, 0.3) is 11.8 Å². The molecule has 2 heterocycles. The van der Waals surface area contributed by atoms with E-state index >= 15 is 0 Å². The van der Waals surface area contributed by atoms with Crippen LogP contribution in [0.5, 0.6) is 0 Å². The molecule has 0 aliphatic carbocycles. The number of primary amides is 1. The zero-order valence-corrected chi connectivity index (χ0v) is 16.3. The van der Waals surface area contributed by atoms with Crippen LogP contribution in [-0.4, -0.2) is 21.6 Å². The minimum absolute atomic E-state index is 0.0525. The van der Waals surface area contributed by atoms with E-state index in [4.69, 9.17) is 10.2 Å². The summed E-state index contributed by atoms with van der Waals surface area (Å²) >= 11 is 0. The lowest BCUT2D eigenvalue weighted by Crippen LogP contribution is -2.22. The van der Waals surface area contributed by atoms with Crippen molar-refractivity contribution in [2.45, 2.75) is 13.5 Å². The van der Waals surface area contributed by atoms with E-state index in [2.05, 4.69) is 10.4 Å². The van der Waals surface area contributed by atoms with Crippen LogP contribution in [0.3, 0.4) is 0 Å². The van der Waals surface area contributed by atoms with Gasteiger partial charge in [-0.3, -0.25) is 9.59 Å². The predicted octanol–water partition coefficient (Wildman–Crippen LogP) is 3.47. The molecule has 2 aromatic heterocycles. The van der Waals surface area contributed by atoms with Gasteiger partial charge in [-0.05, 0) is 36.8 Å². The van der Waals surface area contributed by atoms with Crippen LogP contribution in [0.2, 0.25) is 0 Å². The molecule has 2 aromatic carbocycles. The summed E-state index contributed by atoms with van der Waals surface area (Å²) in [7, 11) is 0. The lowest BCUT2D eigenvalue weighted by Gasteiger charge is -2.06. The van der Waals surface area contributed by atoms with Crippen LogP contribution < -0.4 is 11.1 Å². The minimum Gasteiger partial charge on any atom is -0.454 e. The highest BCUT2D eigenvalue weighted by Gasteiger charge is 2.20. The number of rotatable bonds is 6. The molecule has 4 aromatic rings. The number of aromatic nitrogens is 2. The van der Waals surface area contributed by atoms with Gasteiger partial charge in [0.15, 0.2) is 5.76 Å². The summed E-state index contributed by atoms with van der Waals surface area (Å²) in [6, 6.07) is 20.5. The topological polar surface area (TPSA) is 103 Å². The Kier molecular flexibility index (Phi) is 5.17. The molecule has 0 fully saturated rings. The largest absolute Gasteiger partial charge is 0.454 e. The van der Waals surface area contributed by atoms with Crippen LogP contribution in [0.4, 0.5) is 0 Å². The summed E-state index contributed by atoms with van der Waals surface area (Å²) in [5.74, 6) is -0.465. The van der Waals surface area contributed by atoms with Gasteiger partial charge in [-0.25, -0.2) is 4.68 Å². The van der Waals surface area contributed by atoms with Crippen molar-refractivity contribution in [2.24, 2.45) is 5.73 Å². The van der Waals surface area contributed by atoms with Gasteiger partial charge in [0, 0.05) is 11.8 Å². The number of carbonyl (C=O) groups excluding carboxylic acids is 2. The second kappa shape index (κ2) is 8.08. The number of para-hydroxylation sites is 1. The maximum absolute atomic E-state index is 13.0. The fourth-order valence-corrected chi connectivity index (χ4v) is 3.16. The first-order valence-electron chi connectivity index (χ1n) is 9.41. The molecule has 0 unspecified atom stereocenters. The van der Waals surface area contributed by atoms with Crippen molar-refractivity contribution >= 4 is 11.8 Å². The third kappa shape index (κ3) is 3.86. The summed E-state index contributed by atoms with van der Waals surface area (Å²) in [5, 5.41) is 7.51. The normalized spacial score (nSPS) is 10.7. The Morgan fingerprint density at radius 1 is 1.03 bits per heavy atom. The number of nitrogens with one attached hydrogen (secondary N) is 1. The third-order valence-corrected chi connectivity index (χ3v) is 4.71. The first-order chi connectivity index (χ1) is 14.5. The molecule has 0 aliphatic rings. The Morgan fingerprint density at radius 2 is 1.77 bits per heavy atom. The molecule has 0 saturated heterocycles. The lowest BCUT2D eigenvalue weighted by atomic mass is 10.0.